The maximum atomic E-state index is 12.9. The molecule has 4 aromatic rings. The van der Waals surface area contributed by atoms with Crippen molar-refractivity contribution in [2.75, 3.05) is 14.2 Å². The summed E-state index contributed by atoms with van der Waals surface area (Å²) < 4.78 is 10.7. The molecule has 0 aliphatic rings. The Morgan fingerprint density at radius 3 is 2.59 bits per heavy atom. The molecular formula is C27H31N5O4S. The summed E-state index contributed by atoms with van der Waals surface area (Å²) >= 11 is 1.31. The van der Waals surface area contributed by atoms with Crippen molar-refractivity contribution in [3.05, 3.63) is 58.7 Å². The van der Waals surface area contributed by atoms with E-state index in [1.54, 1.807) is 44.8 Å². The van der Waals surface area contributed by atoms with E-state index >= 15 is 0 Å². The van der Waals surface area contributed by atoms with Crippen LogP contribution in [0.15, 0.2) is 42.7 Å². The van der Waals surface area contributed by atoms with Crippen molar-refractivity contribution >= 4 is 34.3 Å². The largest absolute Gasteiger partial charge is 0.497 e. The van der Waals surface area contributed by atoms with Crippen LogP contribution in [-0.4, -0.2) is 47.0 Å². The Bertz CT molecular complexity index is 1440. The van der Waals surface area contributed by atoms with Crippen LogP contribution in [0.1, 0.15) is 53.3 Å². The molecule has 3 heterocycles. The van der Waals surface area contributed by atoms with Crippen LogP contribution < -0.4 is 20.1 Å². The van der Waals surface area contributed by atoms with Gasteiger partial charge in [-0.05, 0) is 42.7 Å². The van der Waals surface area contributed by atoms with Gasteiger partial charge in [0.25, 0.3) is 11.8 Å². The molecule has 0 bridgehead atoms. The molecule has 0 aliphatic heterocycles. The average Bonchev–Trinajstić information content (AvgIpc) is 3.53. The van der Waals surface area contributed by atoms with E-state index < -0.39 is 0 Å². The molecule has 9 nitrogen and oxygen atoms in total. The number of ether oxygens (including phenoxy) is 2. The molecule has 0 aliphatic carbocycles. The van der Waals surface area contributed by atoms with Gasteiger partial charge >= 0.3 is 0 Å². The number of aromatic amines is 1. The first-order valence-corrected chi connectivity index (χ1v) is 12.7. The molecule has 1 aromatic carbocycles. The molecule has 0 radical (unpaired) electrons. The highest BCUT2D eigenvalue weighted by Gasteiger charge is 2.24. The van der Waals surface area contributed by atoms with Crippen LogP contribution in [0.2, 0.25) is 0 Å². The summed E-state index contributed by atoms with van der Waals surface area (Å²) in [4.78, 5) is 39.2. The zero-order chi connectivity index (χ0) is 26.7. The van der Waals surface area contributed by atoms with Crippen molar-refractivity contribution in [2.24, 2.45) is 5.41 Å². The standard InChI is InChI=1S/C27H31N5O4S/c1-15(27(2,3)4)31-25(33)18-13-28-24-23(18)32-19(14-29-24)21-9-10-22(37-21)26(34)30-12-16-11-17(35-5)7-8-20(16)36-6/h7-11,13-15H,12H2,1-6H3,(H,28,29)(H,30,34)(H,31,33)/t15-/m0/s1. The summed E-state index contributed by atoms with van der Waals surface area (Å²) in [5, 5.41) is 5.97. The fourth-order valence-corrected chi connectivity index (χ4v) is 4.43. The van der Waals surface area contributed by atoms with Gasteiger partial charge in [0.1, 0.15) is 17.0 Å². The van der Waals surface area contributed by atoms with Crippen LogP contribution >= 0.6 is 11.3 Å². The molecule has 0 saturated heterocycles. The molecule has 4 rings (SSSR count). The van der Waals surface area contributed by atoms with Gasteiger partial charge in [0.05, 0.1) is 41.4 Å². The third-order valence-corrected chi connectivity index (χ3v) is 7.39. The Morgan fingerprint density at radius 2 is 1.89 bits per heavy atom. The predicted molar refractivity (Wildman–Crippen MR) is 144 cm³/mol. The van der Waals surface area contributed by atoms with Crippen molar-refractivity contribution in [2.45, 2.75) is 40.3 Å². The van der Waals surface area contributed by atoms with Crippen molar-refractivity contribution in [1.82, 2.24) is 25.6 Å². The number of nitrogens with one attached hydrogen (secondary N) is 3. The predicted octanol–water partition coefficient (Wildman–Crippen LogP) is 4.80. The number of rotatable bonds is 8. The summed E-state index contributed by atoms with van der Waals surface area (Å²) in [5.74, 6) is 0.926. The summed E-state index contributed by atoms with van der Waals surface area (Å²) in [6, 6.07) is 8.98. The number of carbonyl (C=O) groups excluding carboxylic acids is 2. The summed E-state index contributed by atoms with van der Waals surface area (Å²) in [6.07, 6.45) is 3.26. The number of thiophene rings is 1. The lowest BCUT2D eigenvalue weighted by Gasteiger charge is -2.27. The molecule has 1 atom stereocenters. The van der Waals surface area contributed by atoms with Gasteiger partial charge in [0.2, 0.25) is 0 Å². The van der Waals surface area contributed by atoms with Gasteiger partial charge in [0, 0.05) is 24.3 Å². The number of methoxy groups -OCH3 is 2. The molecule has 10 heteroatoms. The first kappa shape index (κ1) is 26.2. The Hall–Kier alpha value is -3.92. The topological polar surface area (TPSA) is 118 Å². The highest BCUT2D eigenvalue weighted by molar-refractivity contribution is 7.17. The number of H-pyrrole nitrogens is 1. The van der Waals surface area contributed by atoms with E-state index in [9.17, 15) is 9.59 Å². The van der Waals surface area contributed by atoms with Crippen LogP contribution in [0.5, 0.6) is 11.5 Å². The number of aromatic nitrogens is 3. The van der Waals surface area contributed by atoms with E-state index in [1.165, 1.54) is 11.3 Å². The van der Waals surface area contributed by atoms with Gasteiger partial charge in [-0.1, -0.05) is 20.8 Å². The van der Waals surface area contributed by atoms with Crippen LogP contribution in [-0.2, 0) is 6.54 Å². The minimum atomic E-state index is -0.215. The Kier molecular flexibility index (Phi) is 7.49. The third-order valence-electron chi connectivity index (χ3n) is 6.28. The zero-order valence-electron chi connectivity index (χ0n) is 21.8. The molecule has 2 amide bonds. The Labute approximate surface area is 219 Å². The number of fused-ring (bicyclic) bond motifs is 1. The lowest BCUT2D eigenvalue weighted by atomic mass is 9.88. The van der Waals surface area contributed by atoms with Crippen molar-refractivity contribution in [3.8, 4) is 22.1 Å². The van der Waals surface area contributed by atoms with E-state index in [-0.39, 0.29) is 29.8 Å². The molecule has 0 saturated carbocycles. The molecule has 0 fully saturated rings. The number of carbonyl (C=O) groups is 2. The SMILES string of the molecule is COc1ccc(OC)c(CNC(=O)c2ccc(-c3cnc4[nH]cc(C(=O)N[C@@H](C)C(C)(C)C)c4n3)s2)c1. The van der Waals surface area contributed by atoms with Gasteiger partial charge in [-0.3, -0.25) is 9.59 Å². The van der Waals surface area contributed by atoms with Crippen molar-refractivity contribution in [3.63, 3.8) is 0 Å². The van der Waals surface area contributed by atoms with Gasteiger partial charge < -0.3 is 25.1 Å². The number of nitrogens with zero attached hydrogens (tertiary/aromatic N) is 2. The van der Waals surface area contributed by atoms with Gasteiger partial charge in [-0.15, -0.1) is 11.3 Å². The summed E-state index contributed by atoms with van der Waals surface area (Å²) in [7, 11) is 3.17. The second-order valence-corrected chi connectivity index (χ2v) is 10.8. The van der Waals surface area contributed by atoms with Gasteiger partial charge in [0.15, 0.2) is 5.65 Å². The second kappa shape index (κ2) is 10.6. The molecule has 0 unspecified atom stereocenters. The quantitative estimate of drug-likeness (QED) is 0.307. The van der Waals surface area contributed by atoms with E-state index in [2.05, 4.69) is 41.4 Å². The molecule has 194 valence electrons. The average molecular weight is 522 g/mol. The van der Waals surface area contributed by atoms with E-state index in [0.29, 0.717) is 38.8 Å². The highest BCUT2D eigenvalue weighted by Crippen LogP contribution is 2.29. The second-order valence-electron chi connectivity index (χ2n) is 9.74. The Morgan fingerprint density at radius 1 is 1.11 bits per heavy atom. The lowest BCUT2D eigenvalue weighted by molar-refractivity contribution is 0.0910. The minimum absolute atomic E-state index is 0.0311. The maximum Gasteiger partial charge on any atom is 0.261 e. The molecule has 0 spiro atoms. The minimum Gasteiger partial charge on any atom is -0.497 e. The summed E-state index contributed by atoms with van der Waals surface area (Å²) in [6.45, 7) is 8.48. The monoisotopic (exact) mass is 521 g/mol. The van der Waals surface area contributed by atoms with Crippen LogP contribution in [0.4, 0.5) is 0 Å². The summed E-state index contributed by atoms with van der Waals surface area (Å²) in [5.41, 5.74) is 2.76. The van der Waals surface area contributed by atoms with Gasteiger partial charge in [-0.25, -0.2) is 9.97 Å². The molecule has 37 heavy (non-hydrogen) atoms. The Balaban J connectivity index is 1.51. The van der Waals surface area contributed by atoms with E-state index in [0.717, 1.165) is 10.4 Å². The number of hydrogen-bond donors (Lipinski definition) is 3. The molecule has 3 N–H and O–H groups in total. The highest BCUT2D eigenvalue weighted by atomic mass is 32.1. The van der Waals surface area contributed by atoms with Crippen molar-refractivity contribution < 1.29 is 19.1 Å². The van der Waals surface area contributed by atoms with E-state index in [1.807, 2.05) is 19.1 Å². The van der Waals surface area contributed by atoms with Crippen LogP contribution in [0.3, 0.4) is 0 Å². The zero-order valence-corrected chi connectivity index (χ0v) is 22.6. The first-order chi connectivity index (χ1) is 17.6. The third kappa shape index (κ3) is 5.75. The number of benzene rings is 1. The smallest absolute Gasteiger partial charge is 0.261 e. The first-order valence-electron chi connectivity index (χ1n) is 11.8. The van der Waals surface area contributed by atoms with Crippen LogP contribution in [0, 0.1) is 5.41 Å². The lowest BCUT2D eigenvalue weighted by Crippen LogP contribution is -2.41. The normalized spacial score (nSPS) is 12.3. The fourth-order valence-electron chi connectivity index (χ4n) is 3.55. The van der Waals surface area contributed by atoms with Crippen molar-refractivity contribution in [1.29, 1.82) is 0 Å². The van der Waals surface area contributed by atoms with E-state index in [4.69, 9.17) is 14.5 Å². The fraction of sp³-hybridized carbons (Fsp3) is 0.333. The maximum absolute atomic E-state index is 12.9. The van der Waals surface area contributed by atoms with Crippen LogP contribution in [0.25, 0.3) is 21.7 Å². The molecular weight excluding hydrogens is 490 g/mol. The van der Waals surface area contributed by atoms with Gasteiger partial charge in [-0.2, -0.15) is 0 Å². The molecule has 3 aromatic heterocycles. The number of hydrogen-bond acceptors (Lipinski definition) is 7. The number of amides is 2.